The number of benzene rings is 2. The van der Waals surface area contributed by atoms with E-state index in [0.717, 1.165) is 23.5 Å². The molecule has 4 nitrogen and oxygen atoms in total. The maximum absolute atomic E-state index is 12.5. The van der Waals surface area contributed by atoms with Gasteiger partial charge >= 0.3 is 0 Å². The van der Waals surface area contributed by atoms with E-state index >= 15 is 0 Å². The van der Waals surface area contributed by atoms with Gasteiger partial charge in [0.2, 0.25) is 5.91 Å². The molecule has 1 amide bonds. The number of amides is 1. The van der Waals surface area contributed by atoms with Gasteiger partial charge in [0.1, 0.15) is 6.04 Å². The average molecular weight is 366 g/mol. The molecule has 1 aliphatic rings. The smallest absolute Gasteiger partial charge is 0.233 e. The lowest BCUT2D eigenvalue weighted by Gasteiger charge is -2.37. The quantitative estimate of drug-likeness (QED) is 0.761. The first-order valence-electron chi connectivity index (χ1n) is 8.83. The molecule has 1 fully saturated rings. The Bertz CT molecular complexity index is 762. The summed E-state index contributed by atoms with van der Waals surface area (Å²) in [5, 5.41) is 9.56. The van der Waals surface area contributed by atoms with E-state index in [-0.39, 0.29) is 11.9 Å². The highest BCUT2D eigenvalue weighted by Gasteiger charge is 2.26. The summed E-state index contributed by atoms with van der Waals surface area (Å²) in [5.74, 6) is 0.632. The number of thioether (sulfide) groups is 1. The van der Waals surface area contributed by atoms with Crippen LogP contribution in [0.3, 0.4) is 0 Å². The van der Waals surface area contributed by atoms with Crippen molar-refractivity contribution in [3.63, 3.8) is 0 Å². The van der Waals surface area contributed by atoms with Crippen LogP contribution in [-0.2, 0) is 4.79 Å². The van der Waals surface area contributed by atoms with Gasteiger partial charge in [0.15, 0.2) is 0 Å². The lowest BCUT2D eigenvalue weighted by molar-refractivity contribution is -0.130. The monoisotopic (exact) mass is 365 g/mol. The van der Waals surface area contributed by atoms with Gasteiger partial charge < -0.3 is 4.90 Å². The number of carbonyl (C=O) groups excluding carboxylic acids is 1. The van der Waals surface area contributed by atoms with Crippen molar-refractivity contribution in [2.75, 3.05) is 31.9 Å². The van der Waals surface area contributed by atoms with Crippen molar-refractivity contribution in [2.45, 2.75) is 17.9 Å². The van der Waals surface area contributed by atoms with Gasteiger partial charge in [0.25, 0.3) is 0 Å². The predicted molar refractivity (Wildman–Crippen MR) is 105 cm³/mol. The number of hydrogen-bond acceptors (Lipinski definition) is 4. The minimum atomic E-state index is -0.240. The maximum Gasteiger partial charge on any atom is 0.233 e. The fraction of sp³-hybridized carbons (Fsp3) is 0.333. The molecule has 3 rings (SSSR count). The van der Waals surface area contributed by atoms with Crippen molar-refractivity contribution in [3.05, 3.63) is 65.7 Å². The number of piperazine rings is 1. The highest BCUT2D eigenvalue weighted by molar-refractivity contribution is 8.00. The highest BCUT2D eigenvalue weighted by atomic mass is 32.2. The molecule has 1 saturated heterocycles. The summed E-state index contributed by atoms with van der Waals surface area (Å²) in [7, 11) is 0. The van der Waals surface area contributed by atoms with Gasteiger partial charge in [-0.1, -0.05) is 48.0 Å². The van der Waals surface area contributed by atoms with Crippen molar-refractivity contribution in [1.29, 1.82) is 5.26 Å². The number of rotatable bonds is 5. The molecule has 5 heteroatoms. The summed E-state index contributed by atoms with van der Waals surface area (Å²) in [6.07, 6.45) is 0. The molecule has 26 heavy (non-hydrogen) atoms. The molecule has 0 aromatic heterocycles. The van der Waals surface area contributed by atoms with Gasteiger partial charge in [0, 0.05) is 31.1 Å². The Hall–Kier alpha value is -2.29. The van der Waals surface area contributed by atoms with Crippen molar-refractivity contribution in [2.24, 2.45) is 0 Å². The van der Waals surface area contributed by atoms with Gasteiger partial charge in [-0.3, -0.25) is 9.69 Å². The van der Waals surface area contributed by atoms with Gasteiger partial charge in [-0.05, 0) is 24.6 Å². The molecule has 0 unspecified atom stereocenters. The fourth-order valence-electron chi connectivity index (χ4n) is 3.10. The van der Waals surface area contributed by atoms with E-state index in [0.29, 0.717) is 18.8 Å². The second kappa shape index (κ2) is 8.88. The first-order valence-corrected chi connectivity index (χ1v) is 9.82. The van der Waals surface area contributed by atoms with Crippen molar-refractivity contribution in [1.82, 2.24) is 9.80 Å². The van der Waals surface area contributed by atoms with Crippen LogP contribution < -0.4 is 0 Å². The van der Waals surface area contributed by atoms with Crippen LogP contribution >= 0.6 is 11.8 Å². The summed E-state index contributed by atoms with van der Waals surface area (Å²) in [4.78, 5) is 17.7. The molecule has 1 heterocycles. The summed E-state index contributed by atoms with van der Waals surface area (Å²) in [6, 6.07) is 20.3. The number of hydrogen-bond donors (Lipinski definition) is 0. The number of nitriles is 1. The van der Waals surface area contributed by atoms with Gasteiger partial charge in [-0.25, -0.2) is 0 Å². The lowest BCUT2D eigenvalue weighted by Crippen LogP contribution is -2.50. The third-order valence-corrected chi connectivity index (χ3v) is 5.65. The molecular weight excluding hydrogens is 342 g/mol. The molecule has 0 radical (unpaired) electrons. The molecule has 134 valence electrons. The first kappa shape index (κ1) is 18.5. The molecule has 0 spiro atoms. The van der Waals surface area contributed by atoms with Gasteiger partial charge in [0.05, 0.1) is 11.8 Å². The third kappa shape index (κ3) is 4.66. The fourth-order valence-corrected chi connectivity index (χ4v) is 3.90. The second-order valence-corrected chi connectivity index (χ2v) is 7.51. The highest BCUT2D eigenvalue weighted by Crippen LogP contribution is 2.22. The summed E-state index contributed by atoms with van der Waals surface area (Å²) in [6.45, 7) is 4.88. The largest absolute Gasteiger partial charge is 0.339 e. The van der Waals surface area contributed by atoms with Crippen molar-refractivity contribution in [3.8, 4) is 6.07 Å². The van der Waals surface area contributed by atoms with E-state index in [1.54, 1.807) is 11.8 Å². The Labute approximate surface area is 159 Å². The Kier molecular flexibility index (Phi) is 6.32. The van der Waals surface area contributed by atoms with Crippen LogP contribution in [0.2, 0.25) is 0 Å². The zero-order valence-corrected chi connectivity index (χ0v) is 15.8. The SMILES string of the molecule is Cc1ccc(SCC(=O)N2CCN([C@@H](C#N)c3ccccc3)CC2)cc1. The summed E-state index contributed by atoms with van der Waals surface area (Å²) >= 11 is 1.58. The Morgan fingerprint density at radius 3 is 2.35 bits per heavy atom. The topological polar surface area (TPSA) is 47.3 Å². The van der Waals surface area contributed by atoms with Crippen LogP contribution in [-0.4, -0.2) is 47.6 Å². The summed E-state index contributed by atoms with van der Waals surface area (Å²) < 4.78 is 0. The molecular formula is C21H23N3OS. The Morgan fingerprint density at radius 2 is 1.73 bits per heavy atom. The van der Waals surface area contributed by atoms with E-state index in [9.17, 15) is 10.1 Å². The van der Waals surface area contributed by atoms with Crippen molar-refractivity contribution >= 4 is 17.7 Å². The van der Waals surface area contributed by atoms with E-state index < -0.39 is 0 Å². The zero-order valence-electron chi connectivity index (χ0n) is 15.0. The lowest BCUT2D eigenvalue weighted by atomic mass is 10.1. The Morgan fingerprint density at radius 1 is 1.08 bits per heavy atom. The number of carbonyl (C=O) groups is 1. The van der Waals surface area contributed by atoms with E-state index in [4.69, 9.17) is 0 Å². The molecule has 1 aliphatic heterocycles. The van der Waals surface area contributed by atoms with Gasteiger partial charge in [-0.2, -0.15) is 5.26 Å². The average Bonchev–Trinajstić information content (AvgIpc) is 2.69. The van der Waals surface area contributed by atoms with E-state index in [1.807, 2.05) is 35.2 Å². The van der Waals surface area contributed by atoms with Gasteiger partial charge in [-0.15, -0.1) is 11.8 Å². The van der Waals surface area contributed by atoms with Crippen LogP contribution in [0.25, 0.3) is 0 Å². The number of aryl methyl sites for hydroxylation is 1. The van der Waals surface area contributed by atoms with Crippen LogP contribution in [0.15, 0.2) is 59.5 Å². The normalized spacial score (nSPS) is 16.1. The standard InChI is InChI=1S/C21H23N3OS/c1-17-7-9-19(10-8-17)26-16-21(25)24-13-11-23(12-14-24)20(15-22)18-5-3-2-4-6-18/h2-10,20H,11-14,16H2,1H3/t20-/m0/s1. The number of nitrogens with zero attached hydrogens (tertiary/aromatic N) is 3. The van der Waals surface area contributed by atoms with Crippen LogP contribution in [0.1, 0.15) is 17.2 Å². The molecule has 0 bridgehead atoms. The molecule has 0 aliphatic carbocycles. The molecule has 2 aromatic carbocycles. The van der Waals surface area contributed by atoms with Crippen LogP contribution in [0, 0.1) is 18.3 Å². The second-order valence-electron chi connectivity index (χ2n) is 6.46. The molecule has 0 N–H and O–H groups in total. The molecule has 0 saturated carbocycles. The summed E-state index contributed by atoms with van der Waals surface area (Å²) in [5.41, 5.74) is 2.24. The molecule has 1 atom stereocenters. The third-order valence-electron chi connectivity index (χ3n) is 4.65. The first-order chi connectivity index (χ1) is 12.7. The maximum atomic E-state index is 12.5. The van der Waals surface area contributed by atoms with E-state index in [1.165, 1.54) is 5.56 Å². The minimum Gasteiger partial charge on any atom is -0.339 e. The molecule has 2 aromatic rings. The van der Waals surface area contributed by atoms with Crippen LogP contribution in [0.5, 0.6) is 0 Å². The predicted octanol–water partition coefficient (Wildman–Crippen LogP) is 3.50. The van der Waals surface area contributed by atoms with E-state index in [2.05, 4.69) is 42.2 Å². The minimum absolute atomic E-state index is 0.170. The van der Waals surface area contributed by atoms with Crippen LogP contribution in [0.4, 0.5) is 0 Å². The Balaban J connectivity index is 1.50. The van der Waals surface area contributed by atoms with Crippen molar-refractivity contribution < 1.29 is 4.79 Å². The zero-order chi connectivity index (χ0) is 18.4.